The van der Waals surface area contributed by atoms with Crippen molar-refractivity contribution in [2.75, 3.05) is 39.4 Å². The molecule has 2 atom stereocenters. The standard InChI is InChI=1S/C21H31N3O2/c25-21(19-13-20-7-3-4-8-24(20)16-19)22-14-17-5-1-2-6-18(17)15-23-9-11-26-12-10-23/h1-2,5-6,19-20H,3-4,7-16H2,(H,22,25)/t19-,20+/m1/s1. The van der Waals surface area contributed by atoms with Crippen molar-refractivity contribution in [1.29, 1.82) is 0 Å². The first-order valence-electron chi connectivity index (χ1n) is 10.2. The van der Waals surface area contributed by atoms with E-state index in [0.717, 1.165) is 45.8 Å². The van der Waals surface area contributed by atoms with Gasteiger partial charge in [0.1, 0.15) is 0 Å². The molecule has 3 aliphatic rings. The summed E-state index contributed by atoms with van der Waals surface area (Å²) in [7, 11) is 0. The molecule has 1 aromatic carbocycles. The molecule has 0 saturated carbocycles. The van der Waals surface area contributed by atoms with E-state index >= 15 is 0 Å². The van der Waals surface area contributed by atoms with Crippen molar-refractivity contribution in [3.05, 3.63) is 35.4 Å². The highest BCUT2D eigenvalue weighted by atomic mass is 16.5. The van der Waals surface area contributed by atoms with Gasteiger partial charge in [-0.25, -0.2) is 0 Å². The van der Waals surface area contributed by atoms with Gasteiger partial charge >= 0.3 is 0 Å². The minimum Gasteiger partial charge on any atom is -0.379 e. The Kier molecular flexibility index (Phi) is 5.88. The fourth-order valence-corrected chi connectivity index (χ4v) is 4.65. The SMILES string of the molecule is O=C(NCc1ccccc1CN1CCOCC1)[C@@H]1C[C@@H]2CCCCN2C1. The van der Waals surface area contributed by atoms with E-state index in [1.54, 1.807) is 0 Å². The van der Waals surface area contributed by atoms with Crippen LogP contribution in [0.15, 0.2) is 24.3 Å². The van der Waals surface area contributed by atoms with Crippen LogP contribution in [0.5, 0.6) is 0 Å². The molecule has 1 amide bonds. The minimum absolute atomic E-state index is 0.171. The van der Waals surface area contributed by atoms with E-state index < -0.39 is 0 Å². The van der Waals surface area contributed by atoms with Crippen LogP contribution in [-0.2, 0) is 22.6 Å². The molecule has 26 heavy (non-hydrogen) atoms. The molecule has 0 spiro atoms. The molecule has 4 rings (SSSR count). The van der Waals surface area contributed by atoms with Crippen LogP contribution in [0.2, 0.25) is 0 Å². The Morgan fingerprint density at radius 2 is 1.92 bits per heavy atom. The third-order valence-electron chi connectivity index (χ3n) is 6.20. The number of hydrogen-bond donors (Lipinski definition) is 1. The molecule has 3 saturated heterocycles. The fraction of sp³-hybridized carbons (Fsp3) is 0.667. The Morgan fingerprint density at radius 1 is 1.12 bits per heavy atom. The number of carbonyl (C=O) groups is 1. The molecule has 0 bridgehead atoms. The van der Waals surface area contributed by atoms with Crippen molar-refractivity contribution in [2.24, 2.45) is 5.92 Å². The van der Waals surface area contributed by atoms with Crippen LogP contribution in [0.3, 0.4) is 0 Å². The van der Waals surface area contributed by atoms with Crippen molar-refractivity contribution in [2.45, 2.75) is 44.8 Å². The molecule has 5 heteroatoms. The van der Waals surface area contributed by atoms with Crippen LogP contribution in [0.1, 0.15) is 36.8 Å². The average Bonchev–Trinajstić information content (AvgIpc) is 3.12. The predicted octanol–water partition coefficient (Wildman–Crippen LogP) is 2.01. The largest absolute Gasteiger partial charge is 0.379 e. The number of piperidine rings is 1. The molecular weight excluding hydrogens is 326 g/mol. The Labute approximate surface area is 156 Å². The minimum atomic E-state index is 0.171. The summed E-state index contributed by atoms with van der Waals surface area (Å²) in [6.07, 6.45) is 4.93. The van der Waals surface area contributed by atoms with Crippen LogP contribution < -0.4 is 5.32 Å². The molecule has 1 aromatic rings. The fourth-order valence-electron chi connectivity index (χ4n) is 4.65. The lowest BCUT2D eigenvalue weighted by Crippen LogP contribution is -2.36. The smallest absolute Gasteiger partial charge is 0.224 e. The van der Waals surface area contributed by atoms with Crippen molar-refractivity contribution in [1.82, 2.24) is 15.1 Å². The maximum atomic E-state index is 12.7. The van der Waals surface area contributed by atoms with Gasteiger partial charge in [-0.05, 0) is 36.9 Å². The van der Waals surface area contributed by atoms with E-state index in [0.29, 0.717) is 12.6 Å². The molecule has 5 nitrogen and oxygen atoms in total. The zero-order chi connectivity index (χ0) is 17.8. The van der Waals surface area contributed by atoms with Gasteiger partial charge in [-0.15, -0.1) is 0 Å². The number of nitrogens with zero attached hydrogens (tertiary/aromatic N) is 2. The molecular formula is C21H31N3O2. The predicted molar refractivity (Wildman–Crippen MR) is 102 cm³/mol. The Balaban J connectivity index is 1.32. The third-order valence-corrected chi connectivity index (χ3v) is 6.20. The number of fused-ring (bicyclic) bond motifs is 1. The maximum Gasteiger partial charge on any atom is 0.224 e. The number of morpholine rings is 1. The zero-order valence-corrected chi connectivity index (χ0v) is 15.7. The second kappa shape index (κ2) is 8.51. The third kappa shape index (κ3) is 4.27. The number of hydrogen-bond acceptors (Lipinski definition) is 4. The van der Waals surface area contributed by atoms with E-state index in [2.05, 4.69) is 39.4 Å². The summed E-state index contributed by atoms with van der Waals surface area (Å²) in [5, 5.41) is 3.22. The highest BCUT2D eigenvalue weighted by Crippen LogP contribution is 2.30. The van der Waals surface area contributed by atoms with Gasteiger partial charge in [0, 0.05) is 38.8 Å². The quantitative estimate of drug-likeness (QED) is 0.876. The Hall–Kier alpha value is -1.43. The van der Waals surface area contributed by atoms with Crippen molar-refractivity contribution in [3.63, 3.8) is 0 Å². The number of nitrogens with one attached hydrogen (secondary N) is 1. The van der Waals surface area contributed by atoms with Gasteiger partial charge in [0.25, 0.3) is 0 Å². The van der Waals surface area contributed by atoms with Gasteiger partial charge in [-0.3, -0.25) is 14.6 Å². The van der Waals surface area contributed by atoms with E-state index in [4.69, 9.17) is 4.74 Å². The summed E-state index contributed by atoms with van der Waals surface area (Å²) >= 11 is 0. The zero-order valence-electron chi connectivity index (χ0n) is 15.7. The van der Waals surface area contributed by atoms with E-state index in [1.807, 2.05) is 0 Å². The monoisotopic (exact) mass is 357 g/mol. The number of rotatable bonds is 5. The first kappa shape index (κ1) is 18.0. The topological polar surface area (TPSA) is 44.8 Å². The van der Waals surface area contributed by atoms with E-state index in [1.165, 1.54) is 36.9 Å². The van der Waals surface area contributed by atoms with Gasteiger partial charge < -0.3 is 10.1 Å². The van der Waals surface area contributed by atoms with Crippen LogP contribution in [0, 0.1) is 5.92 Å². The van der Waals surface area contributed by atoms with Crippen LogP contribution in [0.4, 0.5) is 0 Å². The Bertz CT molecular complexity index is 601. The first-order valence-corrected chi connectivity index (χ1v) is 10.2. The summed E-state index contributed by atoms with van der Waals surface area (Å²) < 4.78 is 5.44. The van der Waals surface area contributed by atoms with Crippen molar-refractivity contribution in [3.8, 4) is 0 Å². The van der Waals surface area contributed by atoms with Crippen molar-refractivity contribution >= 4 is 5.91 Å². The lowest BCUT2D eigenvalue weighted by molar-refractivity contribution is -0.124. The van der Waals surface area contributed by atoms with E-state index in [-0.39, 0.29) is 11.8 Å². The van der Waals surface area contributed by atoms with Gasteiger partial charge in [0.15, 0.2) is 0 Å². The lowest BCUT2D eigenvalue weighted by Gasteiger charge is -2.28. The maximum absolute atomic E-state index is 12.7. The van der Waals surface area contributed by atoms with Gasteiger partial charge in [0.2, 0.25) is 5.91 Å². The highest BCUT2D eigenvalue weighted by molar-refractivity contribution is 5.79. The number of carbonyl (C=O) groups excluding carboxylic acids is 1. The molecule has 0 aliphatic carbocycles. The molecule has 3 heterocycles. The number of benzene rings is 1. The molecule has 3 aliphatic heterocycles. The molecule has 0 unspecified atom stereocenters. The Morgan fingerprint density at radius 3 is 2.73 bits per heavy atom. The lowest BCUT2D eigenvalue weighted by atomic mass is 9.99. The number of ether oxygens (including phenoxy) is 1. The van der Waals surface area contributed by atoms with Crippen LogP contribution in [0.25, 0.3) is 0 Å². The van der Waals surface area contributed by atoms with Crippen LogP contribution >= 0.6 is 0 Å². The van der Waals surface area contributed by atoms with Gasteiger partial charge in [-0.1, -0.05) is 30.7 Å². The number of amides is 1. The molecule has 1 N–H and O–H groups in total. The van der Waals surface area contributed by atoms with Crippen LogP contribution in [-0.4, -0.2) is 61.1 Å². The summed E-state index contributed by atoms with van der Waals surface area (Å²) in [5.74, 6) is 0.407. The molecule has 142 valence electrons. The highest BCUT2D eigenvalue weighted by Gasteiger charge is 2.36. The summed E-state index contributed by atoms with van der Waals surface area (Å²) in [6.45, 7) is 7.31. The van der Waals surface area contributed by atoms with E-state index in [9.17, 15) is 4.79 Å². The molecule has 0 aromatic heterocycles. The molecule has 0 radical (unpaired) electrons. The van der Waals surface area contributed by atoms with Gasteiger partial charge in [-0.2, -0.15) is 0 Å². The summed E-state index contributed by atoms with van der Waals surface area (Å²) in [4.78, 5) is 17.7. The normalized spacial score (nSPS) is 27.2. The average molecular weight is 357 g/mol. The summed E-state index contributed by atoms with van der Waals surface area (Å²) in [5.41, 5.74) is 2.56. The first-order chi connectivity index (χ1) is 12.8. The second-order valence-corrected chi connectivity index (χ2v) is 7.95. The van der Waals surface area contributed by atoms with Gasteiger partial charge in [0.05, 0.1) is 19.1 Å². The summed E-state index contributed by atoms with van der Waals surface area (Å²) in [6, 6.07) is 9.14. The van der Waals surface area contributed by atoms with Crippen molar-refractivity contribution < 1.29 is 9.53 Å². The second-order valence-electron chi connectivity index (χ2n) is 7.95. The molecule has 3 fully saturated rings.